The van der Waals surface area contributed by atoms with Crippen LogP contribution in [0.2, 0.25) is 0 Å². The highest BCUT2D eigenvalue weighted by Gasteiger charge is 2.30. The summed E-state index contributed by atoms with van der Waals surface area (Å²) in [6, 6.07) is 10.7. The first kappa shape index (κ1) is 26.6. The number of aromatic nitrogens is 1. The number of nitrogens with zero attached hydrogens (tertiary/aromatic N) is 2. The number of carbonyl (C=O) groups excluding carboxylic acids is 3. The van der Waals surface area contributed by atoms with Crippen LogP contribution >= 0.6 is 0 Å². The van der Waals surface area contributed by atoms with Crippen LogP contribution in [0.4, 0.5) is 4.79 Å². The number of likely N-dealkylation sites (tertiary alicyclic amines) is 1. The fourth-order valence-electron chi connectivity index (χ4n) is 4.95. The maximum Gasteiger partial charge on any atom is 0.419 e. The number of ketones is 2. The number of benzene rings is 2. The average molecular weight is 507 g/mol. The normalized spacial score (nSPS) is 16.7. The van der Waals surface area contributed by atoms with E-state index in [1.165, 1.54) is 4.57 Å². The Hall–Kier alpha value is -3.49. The molecule has 1 aromatic heterocycles. The molecular weight excluding hydrogens is 472 g/mol. The predicted molar refractivity (Wildman–Crippen MR) is 140 cm³/mol. The van der Waals surface area contributed by atoms with E-state index in [-0.39, 0.29) is 17.6 Å². The Balaban J connectivity index is 1.72. The second kappa shape index (κ2) is 10.5. The van der Waals surface area contributed by atoms with Crippen molar-refractivity contribution in [2.75, 3.05) is 20.3 Å². The van der Waals surface area contributed by atoms with E-state index in [9.17, 15) is 14.4 Å². The first-order chi connectivity index (χ1) is 17.5. The van der Waals surface area contributed by atoms with Gasteiger partial charge in [-0.3, -0.25) is 19.1 Å². The third-order valence-corrected chi connectivity index (χ3v) is 6.70. The van der Waals surface area contributed by atoms with Gasteiger partial charge in [-0.05, 0) is 51.0 Å². The van der Waals surface area contributed by atoms with Crippen LogP contribution in [0.3, 0.4) is 0 Å². The molecular formula is C29H34N2O6. The summed E-state index contributed by atoms with van der Waals surface area (Å²) in [6.45, 7) is 7.98. The molecule has 1 saturated heterocycles. The molecule has 0 radical (unpaired) electrons. The summed E-state index contributed by atoms with van der Waals surface area (Å²) in [4.78, 5) is 39.5. The minimum atomic E-state index is -0.623. The molecule has 37 heavy (non-hydrogen) atoms. The van der Waals surface area contributed by atoms with Gasteiger partial charge in [-0.2, -0.15) is 0 Å². The maximum absolute atomic E-state index is 12.9. The predicted octanol–water partition coefficient (Wildman–Crippen LogP) is 4.82. The number of hydrogen-bond donors (Lipinski definition) is 1. The molecule has 0 amide bonds. The van der Waals surface area contributed by atoms with Gasteiger partial charge in [-0.1, -0.05) is 24.3 Å². The summed E-state index contributed by atoms with van der Waals surface area (Å²) in [5, 5.41) is 10.0. The number of aryl methyl sites for hydroxylation is 1. The van der Waals surface area contributed by atoms with Crippen LogP contribution in [0, 0.1) is 6.92 Å². The SMILES string of the molecule is COc1cc(C)c2c(ccn2C(=O)OC(C)(C)C)c1CN1CCC(=O)CC1c1ccc(C(=O)CO)cc1. The summed E-state index contributed by atoms with van der Waals surface area (Å²) in [7, 11) is 1.63. The Morgan fingerprint density at radius 2 is 1.84 bits per heavy atom. The molecule has 0 spiro atoms. The number of hydrogen-bond acceptors (Lipinski definition) is 7. The molecule has 196 valence electrons. The average Bonchev–Trinajstić information content (AvgIpc) is 3.31. The molecule has 1 aliphatic heterocycles. The summed E-state index contributed by atoms with van der Waals surface area (Å²) in [6.07, 6.45) is 2.10. The van der Waals surface area contributed by atoms with Gasteiger partial charge in [0.05, 0.1) is 12.6 Å². The van der Waals surface area contributed by atoms with Crippen molar-refractivity contribution in [2.45, 2.75) is 58.7 Å². The van der Waals surface area contributed by atoms with Gasteiger partial charge >= 0.3 is 6.09 Å². The number of fused-ring (bicyclic) bond motifs is 1. The lowest BCUT2D eigenvalue weighted by atomic mass is 9.92. The van der Waals surface area contributed by atoms with E-state index >= 15 is 0 Å². The van der Waals surface area contributed by atoms with E-state index in [1.807, 2.05) is 52.0 Å². The van der Waals surface area contributed by atoms with Crippen molar-refractivity contribution in [3.63, 3.8) is 0 Å². The van der Waals surface area contributed by atoms with Crippen molar-refractivity contribution in [2.24, 2.45) is 0 Å². The molecule has 0 aliphatic carbocycles. The highest BCUT2D eigenvalue weighted by Crippen LogP contribution is 2.37. The molecule has 1 unspecified atom stereocenters. The number of Topliss-reactive ketones (excluding diaryl/α,β-unsaturated/α-hetero) is 2. The maximum atomic E-state index is 12.9. The van der Waals surface area contributed by atoms with E-state index < -0.39 is 18.3 Å². The lowest BCUT2D eigenvalue weighted by Crippen LogP contribution is -2.36. The number of rotatable bonds is 6. The summed E-state index contributed by atoms with van der Waals surface area (Å²) >= 11 is 0. The van der Waals surface area contributed by atoms with Crippen LogP contribution in [0.5, 0.6) is 5.75 Å². The molecule has 1 fully saturated rings. The Kier molecular flexibility index (Phi) is 7.52. The van der Waals surface area contributed by atoms with Gasteiger partial charge < -0.3 is 14.6 Å². The molecule has 3 aromatic rings. The highest BCUT2D eigenvalue weighted by molar-refractivity contribution is 5.97. The molecule has 1 N–H and O–H groups in total. The minimum Gasteiger partial charge on any atom is -0.496 e. The van der Waals surface area contributed by atoms with Crippen molar-refractivity contribution in [3.8, 4) is 5.75 Å². The van der Waals surface area contributed by atoms with E-state index in [0.29, 0.717) is 37.2 Å². The Morgan fingerprint density at radius 1 is 1.14 bits per heavy atom. The molecule has 8 heteroatoms. The number of ether oxygens (including phenoxy) is 2. The molecule has 1 aliphatic rings. The van der Waals surface area contributed by atoms with Gasteiger partial charge in [0.15, 0.2) is 5.78 Å². The van der Waals surface area contributed by atoms with Crippen LogP contribution in [0.15, 0.2) is 42.6 Å². The third kappa shape index (κ3) is 5.60. The highest BCUT2D eigenvalue weighted by atomic mass is 16.6. The monoisotopic (exact) mass is 506 g/mol. The zero-order valence-electron chi connectivity index (χ0n) is 22.0. The second-order valence-corrected chi connectivity index (χ2v) is 10.5. The van der Waals surface area contributed by atoms with Crippen LogP contribution < -0.4 is 4.74 Å². The van der Waals surface area contributed by atoms with Crippen molar-refractivity contribution in [1.82, 2.24) is 9.47 Å². The van der Waals surface area contributed by atoms with E-state index in [2.05, 4.69) is 4.90 Å². The van der Waals surface area contributed by atoms with Gasteiger partial charge in [0.1, 0.15) is 23.7 Å². The number of methoxy groups -OCH3 is 1. The van der Waals surface area contributed by atoms with Gasteiger partial charge in [-0.15, -0.1) is 0 Å². The molecule has 4 rings (SSSR count). The molecule has 8 nitrogen and oxygen atoms in total. The Labute approximate surface area is 216 Å². The van der Waals surface area contributed by atoms with Crippen molar-refractivity contribution < 1.29 is 29.0 Å². The summed E-state index contributed by atoms with van der Waals surface area (Å²) < 4.78 is 12.9. The first-order valence-corrected chi connectivity index (χ1v) is 12.4. The van der Waals surface area contributed by atoms with E-state index in [4.69, 9.17) is 14.6 Å². The van der Waals surface area contributed by atoms with Crippen molar-refractivity contribution >= 4 is 28.6 Å². The quantitative estimate of drug-likeness (QED) is 0.479. The fraction of sp³-hybridized carbons (Fsp3) is 0.414. The largest absolute Gasteiger partial charge is 0.496 e. The number of aliphatic hydroxyl groups is 1. The molecule has 0 bridgehead atoms. The third-order valence-electron chi connectivity index (χ3n) is 6.70. The standard InChI is InChI=1S/C29H34N2O6/c1-18-14-26(36-5)23(22-11-13-31(27(18)22)28(35)37-29(2,3)4)16-30-12-10-21(33)15-24(30)19-6-8-20(9-7-19)25(34)17-32/h6-9,11,13-14,24,32H,10,12,15-17H2,1-5H3. The summed E-state index contributed by atoms with van der Waals surface area (Å²) in [5.74, 6) is 0.560. The van der Waals surface area contributed by atoms with Gasteiger partial charge in [0, 0.05) is 54.7 Å². The lowest BCUT2D eigenvalue weighted by Gasteiger charge is -2.36. The lowest BCUT2D eigenvalue weighted by molar-refractivity contribution is -0.123. The molecule has 2 aromatic carbocycles. The minimum absolute atomic E-state index is 0.173. The first-order valence-electron chi connectivity index (χ1n) is 12.4. The Bertz CT molecular complexity index is 1330. The van der Waals surface area contributed by atoms with Crippen LogP contribution in [0.1, 0.15) is 66.7 Å². The molecule has 2 heterocycles. The van der Waals surface area contributed by atoms with E-state index in [0.717, 1.165) is 27.6 Å². The topological polar surface area (TPSA) is 98.1 Å². The Morgan fingerprint density at radius 3 is 2.46 bits per heavy atom. The van der Waals surface area contributed by atoms with Gasteiger partial charge in [0.2, 0.25) is 0 Å². The van der Waals surface area contributed by atoms with Crippen molar-refractivity contribution in [1.29, 1.82) is 0 Å². The van der Waals surface area contributed by atoms with E-state index in [1.54, 1.807) is 25.4 Å². The smallest absolute Gasteiger partial charge is 0.419 e. The van der Waals surface area contributed by atoms with Gasteiger partial charge in [0.25, 0.3) is 0 Å². The fourth-order valence-corrected chi connectivity index (χ4v) is 4.95. The van der Waals surface area contributed by atoms with Crippen LogP contribution in [-0.2, 0) is 16.1 Å². The zero-order valence-corrected chi connectivity index (χ0v) is 22.0. The second-order valence-electron chi connectivity index (χ2n) is 10.5. The summed E-state index contributed by atoms with van der Waals surface area (Å²) in [5.41, 5.74) is 3.32. The number of carbonyl (C=O) groups is 3. The molecule has 1 atom stereocenters. The number of aliphatic hydroxyl groups excluding tert-OH is 1. The van der Waals surface area contributed by atoms with Crippen LogP contribution in [0.25, 0.3) is 10.9 Å². The zero-order chi connectivity index (χ0) is 26.9. The molecule has 0 saturated carbocycles. The number of piperidine rings is 1. The van der Waals surface area contributed by atoms with Crippen LogP contribution in [-0.4, -0.2) is 58.1 Å². The van der Waals surface area contributed by atoms with Gasteiger partial charge in [-0.25, -0.2) is 4.79 Å². The van der Waals surface area contributed by atoms with Crippen molar-refractivity contribution in [3.05, 3.63) is 64.8 Å².